The topological polar surface area (TPSA) is 55.6 Å². The normalized spacial score (nSPS) is 19.7. The molecule has 4 heteroatoms. The Labute approximate surface area is 91.8 Å². The lowest BCUT2D eigenvalue weighted by Gasteiger charge is -2.22. The van der Waals surface area contributed by atoms with Gasteiger partial charge in [-0.1, -0.05) is 13.3 Å². The molecule has 1 saturated heterocycles. The summed E-state index contributed by atoms with van der Waals surface area (Å²) in [6.07, 6.45) is 2.52. The van der Waals surface area contributed by atoms with Crippen LogP contribution in [-0.2, 0) is 9.53 Å². The predicted molar refractivity (Wildman–Crippen MR) is 59.5 cm³/mol. The van der Waals surface area contributed by atoms with E-state index in [0.29, 0.717) is 25.5 Å². The second kappa shape index (κ2) is 6.80. The SMILES string of the molecule is CCC(CN)CC(=O)N1CCCOCC1. The molecule has 1 heterocycles. The summed E-state index contributed by atoms with van der Waals surface area (Å²) in [5.41, 5.74) is 5.60. The summed E-state index contributed by atoms with van der Waals surface area (Å²) in [5.74, 6) is 0.569. The van der Waals surface area contributed by atoms with Crippen molar-refractivity contribution in [1.82, 2.24) is 4.90 Å². The Balaban J connectivity index is 2.36. The van der Waals surface area contributed by atoms with Gasteiger partial charge in [-0.2, -0.15) is 0 Å². The Morgan fingerprint density at radius 1 is 1.47 bits per heavy atom. The van der Waals surface area contributed by atoms with Crippen molar-refractivity contribution in [2.24, 2.45) is 11.7 Å². The summed E-state index contributed by atoms with van der Waals surface area (Å²) < 4.78 is 5.31. The molecule has 0 aromatic carbocycles. The Kier molecular flexibility index (Phi) is 5.65. The highest BCUT2D eigenvalue weighted by Gasteiger charge is 2.18. The number of hydrogen-bond donors (Lipinski definition) is 1. The fourth-order valence-corrected chi connectivity index (χ4v) is 1.77. The maximum absolute atomic E-state index is 11.9. The van der Waals surface area contributed by atoms with Gasteiger partial charge >= 0.3 is 0 Å². The number of carbonyl (C=O) groups excluding carboxylic acids is 1. The van der Waals surface area contributed by atoms with Gasteiger partial charge in [0.25, 0.3) is 0 Å². The minimum absolute atomic E-state index is 0.234. The third-order valence-corrected chi connectivity index (χ3v) is 2.95. The van der Waals surface area contributed by atoms with Crippen LogP contribution in [0.1, 0.15) is 26.2 Å². The highest BCUT2D eigenvalue weighted by molar-refractivity contribution is 5.76. The molecule has 4 nitrogen and oxygen atoms in total. The van der Waals surface area contributed by atoms with Crippen molar-refractivity contribution in [2.75, 3.05) is 32.8 Å². The average molecular weight is 214 g/mol. The largest absolute Gasteiger partial charge is 0.380 e. The molecule has 1 fully saturated rings. The first-order valence-electron chi connectivity index (χ1n) is 5.83. The molecule has 1 amide bonds. The maximum atomic E-state index is 11.9. The van der Waals surface area contributed by atoms with Crippen LogP contribution in [0.3, 0.4) is 0 Å². The van der Waals surface area contributed by atoms with Crippen LogP contribution in [0, 0.1) is 5.92 Å². The maximum Gasteiger partial charge on any atom is 0.222 e. The van der Waals surface area contributed by atoms with E-state index in [0.717, 1.165) is 32.5 Å². The molecule has 1 aliphatic rings. The van der Waals surface area contributed by atoms with Crippen molar-refractivity contribution in [3.63, 3.8) is 0 Å². The van der Waals surface area contributed by atoms with Gasteiger partial charge in [-0.3, -0.25) is 4.79 Å². The molecule has 0 saturated carbocycles. The monoisotopic (exact) mass is 214 g/mol. The molecule has 1 atom stereocenters. The Morgan fingerprint density at radius 2 is 2.27 bits per heavy atom. The summed E-state index contributed by atoms with van der Waals surface area (Å²) in [5, 5.41) is 0. The molecule has 0 spiro atoms. The van der Waals surface area contributed by atoms with Crippen LogP contribution < -0.4 is 5.73 Å². The number of rotatable bonds is 4. The molecule has 0 aliphatic carbocycles. The van der Waals surface area contributed by atoms with Crippen molar-refractivity contribution in [3.05, 3.63) is 0 Å². The first-order valence-corrected chi connectivity index (χ1v) is 5.83. The Morgan fingerprint density at radius 3 is 2.93 bits per heavy atom. The smallest absolute Gasteiger partial charge is 0.222 e. The van der Waals surface area contributed by atoms with Crippen LogP contribution in [0.2, 0.25) is 0 Å². The van der Waals surface area contributed by atoms with Crippen LogP contribution in [0.15, 0.2) is 0 Å². The number of amides is 1. The van der Waals surface area contributed by atoms with E-state index >= 15 is 0 Å². The molecular weight excluding hydrogens is 192 g/mol. The third-order valence-electron chi connectivity index (χ3n) is 2.95. The van der Waals surface area contributed by atoms with Crippen LogP contribution in [0.25, 0.3) is 0 Å². The third kappa shape index (κ3) is 4.18. The fraction of sp³-hybridized carbons (Fsp3) is 0.909. The van der Waals surface area contributed by atoms with Gasteiger partial charge in [0.05, 0.1) is 6.61 Å². The van der Waals surface area contributed by atoms with E-state index in [-0.39, 0.29) is 5.91 Å². The van der Waals surface area contributed by atoms with Gasteiger partial charge in [-0.05, 0) is 18.9 Å². The minimum Gasteiger partial charge on any atom is -0.380 e. The van der Waals surface area contributed by atoms with Crippen LogP contribution in [0.5, 0.6) is 0 Å². The van der Waals surface area contributed by atoms with E-state index in [4.69, 9.17) is 10.5 Å². The fourth-order valence-electron chi connectivity index (χ4n) is 1.77. The molecule has 2 N–H and O–H groups in total. The number of hydrogen-bond acceptors (Lipinski definition) is 3. The summed E-state index contributed by atoms with van der Waals surface area (Å²) in [6.45, 7) is 5.70. The van der Waals surface area contributed by atoms with E-state index < -0.39 is 0 Å². The predicted octanol–water partition coefficient (Wildman–Crippen LogP) is 0.610. The summed E-state index contributed by atoms with van der Waals surface area (Å²) in [6, 6.07) is 0. The van der Waals surface area contributed by atoms with E-state index in [2.05, 4.69) is 6.92 Å². The number of nitrogens with two attached hydrogens (primary N) is 1. The standard InChI is InChI=1S/C11H22N2O2/c1-2-10(9-12)8-11(14)13-4-3-6-15-7-5-13/h10H,2-9,12H2,1H3. The van der Waals surface area contributed by atoms with Gasteiger partial charge in [-0.25, -0.2) is 0 Å². The summed E-state index contributed by atoms with van der Waals surface area (Å²) in [4.78, 5) is 13.8. The Bertz CT molecular complexity index is 185. The molecular formula is C11H22N2O2. The lowest BCUT2D eigenvalue weighted by molar-refractivity contribution is -0.132. The quantitative estimate of drug-likeness (QED) is 0.746. The van der Waals surface area contributed by atoms with Gasteiger partial charge in [0, 0.05) is 26.1 Å². The average Bonchev–Trinajstić information content (AvgIpc) is 2.54. The number of carbonyl (C=O) groups is 1. The molecule has 1 aliphatic heterocycles. The lowest BCUT2D eigenvalue weighted by Crippen LogP contribution is -2.35. The van der Waals surface area contributed by atoms with Crippen LogP contribution in [-0.4, -0.2) is 43.7 Å². The molecule has 1 rings (SSSR count). The van der Waals surface area contributed by atoms with Gasteiger partial charge in [0.15, 0.2) is 0 Å². The first-order chi connectivity index (χ1) is 7.27. The van der Waals surface area contributed by atoms with E-state index in [1.54, 1.807) is 0 Å². The van der Waals surface area contributed by atoms with Gasteiger partial charge in [0.2, 0.25) is 5.91 Å². The zero-order valence-electron chi connectivity index (χ0n) is 9.58. The molecule has 88 valence electrons. The summed E-state index contributed by atoms with van der Waals surface area (Å²) >= 11 is 0. The van der Waals surface area contributed by atoms with Crippen molar-refractivity contribution in [3.8, 4) is 0 Å². The first kappa shape index (κ1) is 12.5. The zero-order chi connectivity index (χ0) is 11.1. The van der Waals surface area contributed by atoms with Crippen LogP contribution in [0.4, 0.5) is 0 Å². The second-order valence-corrected chi connectivity index (χ2v) is 4.06. The molecule has 0 aromatic rings. The summed E-state index contributed by atoms with van der Waals surface area (Å²) in [7, 11) is 0. The second-order valence-electron chi connectivity index (χ2n) is 4.06. The molecule has 0 bridgehead atoms. The van der Waals surface area contributed by atoms with Crippen molar-refractivity contribution in [2.45, 2.75) is 26.2 Å². The van der Waals surface area contributed by atoms with Crippen molar-refractivity contribution >= 4 is 5.91 Å². The van der Waals surface area contributed by atoms with Gasteiger partial charge in [-0.15, -0.1) is 0 Å². The van der Waals surface area contributed by atoms with E-state index in [1.165, 1.54) is 0 Å². The highest BCUT2D eigenvalue weighted by atomic mass is 16.5. The molecule has 0 radical (unpaired) electrons. The Hall–Kier alpha value is -0.610. The molecule has 0 aromatic heterocycles. The number of ether oxygens (including phenoxy) is 1. The van der Waals surface area contributed by atoms with Crippen molar-refractivity contribution in [1.29, 1.82) is 0 Å². The highest BCUT2D eigenvalue weighted by Crippen LogP contribution is 2.10. The zero-order valence-corrected chi connectivity index (χ0v) is 9.58. The number of nitrogens with zero attached hydrogens (tertiary/aromatic N) is 1. The van der Waals surface area contributed by atoms with Gasteiger partial charge in [0.1, 0.15) is 0 Å². The van der Waals surface area contributed by atoms with Crippen molar-refractivity contribution < 1.29 is 9.53 Å². The van der Waals surface area contributed by atoms with Crippen LogP contribution >= 0.6 is 0 Å². The van der Waals surface area contributed by atoms with Gasteiger partial charge < -0.3 is 15.4 Å². The molecule has 1 unspecified atom stereocenters. The molecule has 15 heavy (non-hydrogen) atoms. The van der Waals surface area contributed by atoms with E-state index in [9.17, 15) is 4.79 Å². The lowest BCUT2D eigenvalue weighted by atomic mass is 10.0. The van der Waals surface area contributed by atoms with E-state index in [1.807, 2.05) is 4.90 Å². The minimum atomic E-state index is 0.234.